The molecule has 0 fully saturated rings. The second-order valence-electron chi connectivity index (χ2n) is 4.41. The van der Waals surface area contributed by atoms with Crippen molar-refractivity contribution in [3.8, 4) is 0 Å². The number of ether oxygens (including phenoxy) is 1. The van der Waals surface area contributed by atoms with Crippen LogP contribution in [0.25, 0.3) is 0 Å². The molecule has 0 bridgehead atoms. The SMILES string of the molecule is C=C(C)CCCC(C)CCOC(=O)/C=C/C. The maximum atomic E-state index is 11.0. The van der Waals surface area contributed by atoms with Gasteiger partial charge >= 0.3 is 5.97 Å². The Morgan fingerprint density at radius 3 is 2.69 bits per heavy atom. The van der Waals surface area contributed by atoms with Gasteiger partial charge in [-0.05, 0) is 39.0 Å². The molecule has 2 nitrogen and oxygen atoms in total. The number of rotatable bonds is 8. The van der Waals surface area contributed by atoms with E-state index in [-0.39, 0.29) is 5.97 Å². The molecule has 0 aliphatic heterocycles. The van der Waals surface area contributed by atoms with Gasteiger partial charge in [-0.25, -0.2) is 4.79 Å². The minimum atomic E-state index is -0.239. The van der Waals surface area contributed by atoms with Crippen molar-refractivity contribution >= 4 is 5.97 Å². The fourth-order valence-electron chi connectivity index (χ4n) is 1.44. The molecule has 16 heavy (non-hydrogen) atoms. The third kappa shape index (κ3) is 9.50. The van der Waals surface area contributed by atoms with Crippen LogP contribution in [-0.4, -0.2) is 12.6 Å². The van der Waals surface area contributed by atoms with Crippen molar-refractivity contribution in [2.45, 2.75) is 46.5 Å². The summed E-state index contributed by atoms with van der Waals surface area (Å²) in [5.74, 6) is 0.370. The third-order valence-corrected chi connectivity index (χ3v) is 2.46. The first kappa shape index (κ1) is 14.9. The maximum absolute atomic E-state index is 11.0. The largest absolute Gasteiger partial charge is 0.463 e. The molecular formula is C14H24O2. The molecule has 1 unspecified atom stereocenters. The lowest BCUT2D eigenvalue weighted by molar-refractivity contribution is -0.138. The van der Waals surface area contributed by atoms with Gasteiger partial charge in [0.2, 0.25) is 0 Å². The lowest BCUT2D eigenvalue weighted by atomic mass is 9.99. The Morgan fingerprint density at radius 1 is 1.44 bits per heavy atom. The Labute approximate surface area is 99.4 Å². The van der Waals surface area contributed by atoms with Crippen molar-refractivity contribution in [3.05, 3.63) is 24.3 Å². The molecule has 0 rings (SSSR count). The molecule has 92 valence electrons. The molecule has 0 aromatic rings. The Kier molecular flexibility index (Phi) is 8.59. The highest BCUT2D eigenvalue weighted by Gasteiger charge is 2.03. The van der Waals surface area contributed by atoms with Crippen LogP contribution in [0, 0.1) is 5.92 Å². The van der Waals surface area contributed by atoms with Crippen LogP contribution in [0.2, 0.25) is 0 Å². The molecule has 0 heterocycles. The van der Waals surface area contributed by atoms with E-state index in [1.165, 1.54) is 24.5 Å². The normalized spacial score (nSPS) is 12.7. The molecule has 0 radical (unpaired) electrons. The lowest BCUT2D eigenvalue weighted by Crippen LogP contribution is -2.06. The molecular weight excluding hydrogens is 200 g/mol. The number of hydrogen-bond donors (Lipinski definition) is 0. The molecule has 0 amide bonds. The zero-order valence-corrected chi connectivity index (χ0v) is 10.8. The van der Waals surface area contributed by atoms with Crippen LogP contribution in [-0.2, 0) is 9.53 Å². The van der Waals surface area contributed by atoms with E-state index in [0.29, 0.717) is 12.5 Å². The Hall–Kier alpha value is -1.05. The molecule has 2 heteroatoms. The van der Waals surface area contributed by atoms with Gasteiger partial charge in [0.15, 0.2) is 0 Å². The maximum Gasteiger partial charge on any atom is 0.330 e. The number of carbonyl (C=O) groups is 1. The Balaban J connectivity index is 3.46. The monoisotopic (exact) mass is 224 g/mol. The van der Waals surface area contributed by atoms with Gasteiger partial charge in [0.25, 0.3) is 0 Å². The third-order valence-electron chi connectivity index (χ3n) is 2.46. The van der Waals surface area contributed by atoms with Crippen LogP contribution >= 0.6 is 0 Å². The molecule has 0 spiro atoms. The summed E-state index contributed by atoms with van der Waals surface area (Å²) in [6.07, 6.45) is 7.54. The zero-order chi connectivity index (χ0) is 12.4. The number of carbonyl (C=O) groups excluding carboxylic acids is 1. The Morgan fingerprint density at radius 2 is 2.12 bits per heavy atom. The van der Waals surface area contributed by atoms with Gasteiger partial charge < -0.3 is 4.74 Å². The van der Waals surface area contributed by atoms with Crippen molar-refractivity contribution in [1.82, 2.24) is 0 Å². The number of esters is 1. The molecule has 0 aliphatic carbocycles. The first-order chi connectivity index (χ1) is 7.56. The van der Waals surface area contributed by atoms with E-state index in [1.807, 2.05) is 6.92 Å². The minimum Gasteiger partial charge on any atom is -0.463 e. The molecule has 0 aromatic heterocycles. The lowest BCUT2D eigenvalue weighted by Gasteiger charge is -2.10. The van der Waals surface area contributed by atoms with Crippen molar-refractivity contribution in [1.29, 1.82) is 0 Å². The van der Waals surface area contributed by atoms with Crippen LogP contribution in [0.4, 0.5) is 0 Å². The van der Waals surface area contributed by atoms with Gasteiger partial charge in [0.05, 0.1) is 6.61 Å². The van der Waals surface area contributed by atoms with Crippen LogP contribution < -0.4 is 0 Å². The fourth-order valence-corrected chi connectivity index (χ4v) is 1.44. The zero-order valence-electron chi connectivity index (χ0n) is 10.8. The molecule has 0 aromatic carbocycles. The van der Waals surface area contributed by atoms with E-state index in [9.17, 15) is 4.79 Å². The summed E-state index contributed by atoms with van der Waals surface area (Å²) < 4.78 is 5.04. The van der Waals surface area contributed by atoms with Crippen molar-refractivity contribution in [3.63, 3.8) is 0 Å². The van der Waals surface area contributed by atoms with Crippen LogP contribution in [0.3, 0.4) is 0 Å². The predicted octanol–water partition coefficient (Wildman–Crippen LogP) is 3.88. The van der Waals surface area contributed by atoms with E-state index < -0.39 is 0 Å². The van der Waals surface area contributed by atoms with Gasteiger partial charge in [-0.15, -0.1) is 6.58 Å². The van der Waals surface area contributed by atoms with E-state index >= 15 is 0 Å². The number of allylic oxidation sites excluding steroid dienone is 2. The summed E-state index contributed by atoms with van der Waals surface area (Å²) in [7, 11) is 0. The quantitative estimate of drug-likeness (QED) is 0.355. The highest BCUT2D eigenvalue weighted by molar-refractivity contribution is 5.81. The Bertz CT molecular complexity index is 241. The summed E-state index contributed by atoms with van der Waals surface area (Å²) in [6.45, 7) is 10.5. The topological polar surface area (TPSA) is 26.3 Å². The van der Waals surface area contributed by atoms with E-state index in [1.54, 1.807) is 6.08 Å². The molecule has 0 saturated carbocycles. The summed E-state index contributed by atoms with van der Waals surface area (Å²) >= 11 is 0. The summed E-state index contributed by atoms with van der Waals surface area (Å²) in [6, 6.07) is 0. The minimum absolute atomic E-state index is 0.239. The first-order valence-corrected chi connectivity index (χ1v) is 6.00. The first-order valence-electron chi connectivity index (χ1n) is 6.00. The van der Waals surface area contributed by atoms with Crippen molar-refractivity contribution < 1.29 is 9.53 Å². The highest BCUT2D eigenvalue weighted by atomic mass is 16.5. The van der Waals surface area contributed by atoms with Gasteiger partial charge in [-0.1, -0.05) is 25.0 Å². The average molecular weight is 224 g/mol. The van der Waals surface area contributed by atoms with E-state index in [0.717, 1.165) is 12.8 Å². The van der Waals surface area contributed by atoms with E-state index in [4.69, 9.17) is 4.74 Å². The summed E-state index contributed by atoms with van der Waals surface area (Å²) in [4.78, 5) is 11.0. The fraction of sp³-hybridized carbons (Fsp3) is 0.643. The van der Waals surface area contributed by atoms with Gasteiger partial charge in [-0.3, -0.25) is 0 Å². The second-order valence-corrected chi connectivity index (χ2v) is 4.41. The summed E-state index contributed by atoms with van der Waals surface area (Å²) in [5, 5.41) is 0. The van der Waals surface area contributed by atoms with Crippen molar-refractivity contribution in [2.24, 2.45) is 5.92 Å². The van der Waals surface area contributed by atoms with Crippen LogP contribution in [0.5, 0.6) is 0 Å². The van der Waals surface area contributed by atoms with Gasteiger partial charge in [-0.2, -0.15) is 0 Å². The van der Waals surface area contributed by atoms with Crippen LogP contribution in [0.15, 0.2) is 24.3 Å². The standard InChI is InChI=1S/C14H24O2/c1-5-7-14(15)16-11-10-13(4)9-6-8-12(2)3/h5,7,13H,2,6,8-11H2,1,3-4H3/b7-5+. The van der Waals surface area contributed by atoms with Gasteiger partial charge in [0, 0.05) is 6.08 Å². The molecule has 0 aliphatic rings. The van der Waals surface area contributed by atoms with E-state index in [2.05, 4.69) is 20.4 Å². The molecule has 0 saturated heterocycles. The average Bonchev–Trinajstić information content (AvgIpc) is 2.17. The number of hydrogen-bond acceptors (Lipinski definition) is 2. The molecule has 1 atom stereocenters. The van der Waals surface area contributed by atoms with Crippen LogP contribution in [0.1, 0.15) is 46.5 Å². The highest BCUT2D eigenvalue weighted by Crippen LogP contribution is 2.14. The van der Waals surface area contributed by atoms with Crippen molar-refractivity contribution in [2.75, 3.05) is 6.61 Å². The molecule has 0 N–H and O–H groups in total. The van der Waals surface area contributed by atoms with Gasteiger partial charge in [0.1, 0.15) is 0 Å². The smallest absolute Gasteiger partial charge is 0.330 e. The second kappa shape index (κ2) is 9.20. The predicted molar refractivity (Wildman–Crippen MR) is 68.2 cm³/mol. The summed E-state index contributed by atoms with van der Waals surface area (Å²) in [5.41, 5.74) is 1.24.